The average molecular weight is 300 g/mol. The van der Waals surface area contributed by atoms with E-state index in [0.717, 1.165) is 32.6 Å². The number of hydrogen-bond acceptors (Lipinski definition) is 2. The Morgan fingerprint density at radius 3 is 2.64 bits per heavy atom. The zero-order chi connectivity index (χ0) is 15.7. The van der Waals surface area contributed by atoms with Crippen LogP contribution in [0.4, 0.5) is 0 Å². The maximum absolute atomic E-state index is 12.4. The van der Waals surface area contributed by atoms with Crippen LogP contribution in [0, 0.1) is 17.3 Å². The summed E-state index contributed by atoms with van der Waals surface area (Å²) in [5.74, 6) is 1.24. The van der Waals surface area contributed by atoms with Gasteiger partial charge in [-0.1, -0.05) is 44.2 Å². The topological polar surface area (TPSA) is 23.6 Å². The Bertz CT molecular complexity index is 525. The molecular formula is C19H28N2O. The summed E-state index contributed by atoms with van der Waals surface area (Å²) < 4.78 is 0. The largest absolute Gasteiger partial charge is 0.345 e. The monoisotopic (exact) mass is 300 g/mol. The Balaban J connectivity index is 1.46. The van der Waals surface area contributed by atoms with Gasteiger partial charge in [-0.2, -0.15) is 0 Å². The maximum atomic E-state index is 12.4. The van der Waals surface area contributed by atoms with Crippen LogP contribution >= 0.6 is 0 Å². The van der Waals surface area contributed by atoms with Crippen LogP contribution in [-0.4, -0.2) is 42.4 Å². The summed E-state index contributed by atoms with van der Waals surface area (Å²) in [5, 5.41) is 0. The highest BCUT2D eigenvalue weighted by molar-refractivity contribution is 5.82. The van der Waals surface area contributed by atoms with Gasteiger partial charge in [0.15, 0.2) is 0 Å². The van der Waals surface area contributed by atoms with E-state index in [1.54, 1.807) is 0 Å². The first-order chi connectivity index (χ1) is 10.5. The molecule has 1 saturated heterocycles. The second-order valence-electron chi connectivity index (χ2n) is 7.84. The highest BCUT2D eigenvalue weighted by Crippen LogP contribution is 2.52. The summed E-state index contributed by atoms with van der Waals surface area (Å²) in [6.07, 6.45) is 2.26. The molecule has 1 aromatic carbocycles. The predicted octanol–water partition coefficient (Wildman–Crippen LogP) is 3.01. The molecule has 1 aliphatic carbocycles. The van der Waals surface area contributed by atoms with E-state index in [1.807, 2.05) is 11.9 Å². The van der Waals surface area contributed by atoms with Crippen molar-refractivity contribution in [2.24, 2.45) is 17.3 Å². The number of nitrogens with zero attached hydrogens (tertiary/aromatic N) is 2. The molecule has 0 N–H and O–H groups in total. The molecule has 120 valence electrons. The van der Waals surface area contributed by atoms with Crippen LogP contribution in [0.5, 0.6) is 0 Å². The summed E-state index contributed by atoms with van der Waals surface area (Å²) in [6.45, 7) is 8.60. The van der Waals surface area contributed by atoms with Crippen molar-refractivity contribution in [3.63, 3.8) is 0 Å². The number of hydrogen-bond donors (Lipinski definition) is 0. The quantitative estimate of drug-likeness (QED) is 0.834. The van der Waals surface area contributed by atoms with Crippen LogP contribution in [-0.2, 0) is 11.3 Å². The fraction of sp³-hybridized carbons (Fsp3) is 0.632. The predicted molar refractivity (Wildman–Crippen MR) is 89.4 cm³/mol. The van der Waals surface area contributed by atoms with Crippen LogP contribution in [0.2, 0.25) is 0 Å². The Labute approximate surface area is 134 Å². The van der Waals surface area contributed by atoms with Gasteiger partial charge in [0.2, 0.25) is 5.91 Å². The van der Waals surface area contributed by atoms with Gasteiger partial charge < -0.3 is 4.90 Å². The molecule has 2 fully saturated rings. The molecule has 0 bridgehead atoms. The number of carbonyl (C=O) groups excluding carboxylic acids is 1. The molecule has 1 aliphatic heterocycles. The van der Waals surface area contributed by atoms with Gasteiger partial charge in [-0.15, -0.1) is 0 Å². The second-order valence-corrected chi connectivity index (χ2v) is 7.84. The first-order valence-electron chi connectivity index (χ1n) is 8.47. The number of likely N-dealkylation sites (tertiary alicyclic amines) is 1. The van der Waals surface area contributed by atoms with E-state index in [0.29, 0.717) is 11.8 Å². The van der Waals surface area contributed by atoms with Crippen LogP contribution < -0.4 is 0 Å². The van der Waals surface area contributed by atoms with Crippen molar-refractivity contribution in [2.45, 2.75) is 33.2 Å². The van der Waals surface area contributed by atoms with Crippen molar-refractivity contribution in [3.8, 4) is 0 Å². The summed E-state index contributed by atoms with van der Waals surface area (Å²) in [4.78, 5) is 16.9. The fourth-order valence-electron chi connectivity index (χ4n) is 3.68. The highest BCUT2D eigenvalue weighted by atomic mass is 16.2. The van der Waals surface area contributed by atoms with Gasteiger partial charge in [-0.3, -0.25) is 9.69 Å². The standard InChI is InChI=1S/C19H28N2O/c1-19(2)11-17(19)18(22)20(3)12-16-9-10-21(14-16)13-15-7-5-4-6-8-15/h4-8,16-17H,9-14H2,1-3H3/t16-,17-/m1/s1. The SMILES string of the molecule is CN(C[C@H]1CCN(Cc2ccccc2)C1)C(=O)[C@H]1CC1(C)C. The lowest BCUT2D eigenvalue weighted by molar-refractivity contribution is -0.132. The van der Waals surface area contributed by atoms with Gasteiger partial charge in [-0.25, -0.2) is 0 Å². The molecule has 1 heterocycles. The second kappa shape index (κ2) is 6.04. The third kappa shape index (κ3) is 3.52. The third-order valence-corrected chi connectivity index (χ3v) is 5.34. The summed E-state index contributed by atoms with van der Waals surface area (Å²) in [6, 6.07) is 10.7. The van der Waals surface area contributed by atoms with E-state index in [4.69, 9.17) is 0 Å². The molecule has 2 atom stereocenters. The minimum Gasteiger partial charge on any atom is -0.345 e. The van der Waals surface area contributed by atoms with E-state index in [1.165, 1.54) is 12.0 Å². The third-order valence-electron chi connectivity index (χ3n) is 5.34. The van der Waals surface area contributed by atoms with Crippen LogP contribution in [0.1, 0.15) is 32.3 Å². The maximum Gasteiger partial charge on any atom is 0.225 e. The summed E-state index contributed by atoms with van der Waals surface area (Å²) >= 11 is 0. The summed E-state index contributed by atoms with van der Waals surface area (Å²) in [7, 11) is 1.98. The lowest BCUT2D eigenvalue weighted by atomic mass is 10.1. The fourth-order valence-corrected chi connectivity index (χ4v) is 3.68. The molecule has 2 aliphatic rings. The lowest BCUT2D eigenvalue weighted by Gasteiger charge is -2.22. The van der Waals surface area contributed by atoms with Crippen molar-refractivity contribution in [3.05, 3.63) is 35.9 Å². The normalized spacial score (nSPS) is 26.9. The Hall–Kier alpha value is -1.35. The van der Waals surface area contributed by atoms with E-state index >= 15 is 0 Å². The van der Waals surface area contributed by atoms with Crippen LogP contribution in [0.3, 0.4) is 0 Å². The van der Waals surface area contributed by atoms with E-state index in [2.05, 4.69) is 49.1 Å². The molecule has 1 amide bonds. The van der Waals surface area contributed by atoms with Gasteiger partial charge in [0, 0.05) is 32.6 Å². The van der Waals surface area contributed by atoms with Gasteiger partial charge in [0.25, 0.3) is 0 Å². The molecule has 1 saturated carbocycles. The first-order valence-corrected chi connectivity index (χ1v) is 8.47. The average Bonchev–Trinajstić information content (AvgIpc) is 2.91. The van der Waals surface area contributed by atoms with Crippen LogP contribution in [0.15, 0.2) is 30.3 Å². The molecule has 22 heavy (non-hydrogen) atoms. The van der Waals surface area contributed by atoms with E-state index in [9.17, 15) is 4.79 Å². The van der Waals surface area contributed by atoms with Crippen molar-refractivity contribution in [1.29, 1.82) is 0 Å². The zero-order valence-corrected chi connectivity index (χ0v) is 14.1. The number of amides is 1. The highest BCUT2D eigenvalue weighted by Gasteiger charge is 2.51. The van der Waals surface area contributed by atoms with Gasteiger partial charge in [0.1, 0.15) is 0 Å². The van der Waals surface area contributed by atoms with Crippen molar-refractivity contribution in [1.82, 2.24) is 9.80 Å². The molecule has 0 spiro atoms. The molecule has 0 unspecified atom stereocenters. The minimum absolute atomic E-state index is 0.236. The number of carbonyl (C=O) groups is 1. The molecule has 0 aromatic heterocycles. The Kier molecular flexibility index (Phi) is 4.26. The Morgan fingerprint density at radius 2 is 2.00 bits per heavy atom. The zero-order valence-electron chi connectivity index (χ0n) is 14.1. The van der Waals surface area contributed by atoms with Crippen molar-refractivity contribution in [2.75, 3.05) is 26.7 Å². The van der Waals surface area contributed by atoms with Gasteiger partial charge in [0.05, 0.1) is 0 Å². The summed E-state index contributed by atoms with van der Waals surface area (Å²) in [5.41, 5.74) is 1.62. The van der Waals surface area contributed by atoms with E-state index < -0.39 is 0 Å². The van der Waals surface area contributed by atoms with Crippen LogP contribution in [0.25, 0.3) is 0 Å². The van der Waals surface area contributed by atoms with Crippen molar-refractivity contribution >= 4 is 5.91 Å². The Morgan fingerprint density at radius 1 is 1.32 bits per heavy atom. The molecule has 0 radical (unpaired) electrons. The van der Waals surface area contributed by atoms with Gasteiger partial charge >= 0.3 is 0 Å². The smallest absolute Gasteiger partial charge is 0.225 e. The molecule has 1 aromatic rings. The molecule has 3 rings (SSSR count). The lowest BCUT2D eigenvalue weighted by Crippen LogP contribution is -2.34. The van der Waals surface area contributed by atoms with Crippen molar-refractivity contribution < 1.29 is 4.79 Å². The molecular weight excluding hydrogens is 272 g/mol. The number of rotatable bonds is 5. The molecule has 3 heteroatoms. The molecule has 3 nitrogen and oxygen atoms in total. The first kappa shape index (κ1) is 15.5. The van der Waals surface area contributed by atoms with E-state index in [-0.39, 0.29) is 11.3 Å². The minimum atomic E-state index is 0.236. The number of benzene rings is 1. The van der Waals surface area contributed by atoms with Gasteiger partial charge in [-0.05, 0) is 36.3 Å².